The summed E-state index contributed by atoms with van der Waals surface area (Å²) in [4.78, 5) is 12.7. The number of carbonyl (C=O) groups excluding carboxylic acids is 1. The number of hydrogen-bond acceptors (Lipinski definition) is 3. The number of rotatable bonds is 7. The standard InChI is InChI=1S/C26H23ClN2O3S/c1-33(31,32)29(18-22-8-3-5-12-25(22)27)23-15-13-20(14-16-23)26(30)28-17-21-10-6-9-19-7-2-4-11-24(19)21/h2-16H,17-18H2,1H3,(H,28,30). The third-order valence-electron chi connectivity index (χ3n) is 5.41. The highest BCUT2D eigenvalue weighted by molar-refractivity contribution is 7.92. The van der Waals surface area contributed by atoms with Gasteiger partial charge >= 0.3 is 0 Å². The van der Waals surface area contributed by atoms with Gasteiger partial charge in [-0.25, -0.2) is 8.42 Å². The molecule has 0 aliphatic rings. The van der Waals surface area contributed by atoms with E-state index >= 15 is 0 Å². The lowest BCUT2D eigenvalue weighted by molar-refractivity contribution is 0.0951. The van der Waals surface area contributed by atoms with E-state index < -0.39 is 10.0 Å². The Bertz CT molecular complexity index is 1400. The Labute approximate surface area is 198 Å². The highest BCUT2D eigenvalue weighted by Gasteiger charge is 2.19. The van der Waals surface area contributed by atoms with Crippen LogP contribution in [0.25, 0.3) is 10.8 Å². The maximum atomic E-state index is 12.7. The largest absolute Gasteiger partial charge is 0.348 e. The van der Waals surface area contributed by atoms with Crippen LogP contribution in [0.4, 0.5) is 5.69 Å². The summed E-state index contributed by atoms with van der Waals surface area (Å²) in [6.45, 7) is 0.495. The molecule has 0 spiro atoms. The zero-order valence-corrected chi connectivity index (χ0v) is 19.6. The molecule has 33 heavy (non-hydrogen) atoms. The Balaban J connectivity index is 1.50. The summed E-state index contributed by atoms with van der Waals surface area (Å²) < 4.78 is 26.1. The van der Waals surface area contributed by atoms with Crippen LogP contribution in [-0.2, 0) is 23.1 Å². The molecule has 0 fully saturated rings. The van der Waals surface area contributed by atoms with Crippen LogP contribution in [0.1, 0.15) is 21.5 Å². The topological polar surface area (TPSA) is 66.5 Å². The average Bonchev–Trinajstić information content (AvgIpc) is 2.81. The Hall–Kier alpha value is -3.35. The Morgan fingerprint density at radius 2 is 1.48 bits per heavy atom. The number of sulfonamides is 1. The predicted octanol–water partition coefficient (Wildman–Crippen LogP) is 5.39. The highest BCUT2D eigenvalue weighted by atomic mass is 35.5. The third-order valence-corrected chi connectivity index (χ3v) is 6.92. The summed E-state index contributed by atoms with van der Waals surface area (Å²) in [5.41, 5.74) is 2.63. The van der Waals surface area contributed by atoms with Crippen LogP contribution in [0.5, 0.6) is 0 Å². The van der Waals surface area contributed by atoms with Crippen LogP contribution < -0.4 is 9.62 Å². The number of nitrogens with zero attached hydrogens (tertiary/aromatic N) is 1. The van der Waals surface area contributed by atoms with Gasteiger partial charge in [-0.05, 0) is 52.2 Å². The highest BCUT2D eigenvalue weighted by Crippen LogP contribution is 2.25. The molecule has 0 aliphatic carbocycles. The van der Waals surface area contributed by atoms with Crippen molar-refractivity contribution in [2.24, 2.45) is 0 Å². The number of hydrogen-bond donors (Lipinski definition) is 1. The average molecular weight is 479 g/mol. The number of halogens is 1. The van der Waals surface area contributed by atoms with Gasteiger partial charge in [0.15, 0.2) is 0 Å². The van der Waals surface area contributed by atoms with E-state index in [2.05, 4.69) is 5.32 Å². The maximum absolute atomic E-state index is 12.7. The molecule has 0 saturated carbocycles. The lowest BCUT2D eigenvalue weighted by Crippen LogP contribution is -2.29. The van der Waals surface area contributed by atoms with Crippen molar-refractivity contribution in [3.05, 3.63) is 113 Å². The molecule has 4 aromatic rings. The van der Waals surface area contributed by atoms with E-state index in [4.69, 9.17) is 11.6 Å². The first-order chi connectivity index (χ1) is 15.8. The summed E-state index contributed by atoms with van der Waals surface area (Å²) in [6, 6.07) is 27.6. The molecule has 0 aromatic heterocycles. The predicted molar refractivity (Wildman–Crippen MR) is 134 cm³/mol. The molecule has 0 radical (unpaired) electrons. The van der Waals surface area contributed by atoms with Crippen LogP contribution >= 0.6 is 11.6 Å². The molecule has 4 rings (SSSR count). The van der Waals surface area contributed by atoms with Gasteiger partial charge in [-0.3, -0.25) is 9.10 Å². The molecule has 7 heteroatoms. The zero-order chi connectivity index (χ0) is 23.4. The van der Waals surface area contributed by atoms with Gasteiger partial charge in [0, 0.05) is 17.1 Å². The van der Waals surface area contributed by atoms with Gasteiger partial charge < -0.3 is 5.32 Å². The summed E-state index contributed by atoms with van der Waals surface area (Å²) in [6.07, 6.45) is 1.15. The SMILES string of the molecule is CS(=O)(=O)N(Cc1ccccc1Cl)c1ccc(C(=O)NCc2cccc3ccccc23)cc1. The van der Waals surface area contributed by atoms with Gasteiger partial charge in [-0.1, -0.05) is 72.3 Å². The number of nitrogens with one attached hydrogen (secondary N) is 1. The number of benzene rings is 4. The quantitative estimate of drug-likeness (QED) is 0.387. The molecule has 0 aliphatic heterocycles. The normalized spacial score (nSPS) is 11.3. The summed E-state index contributed by atoms with van der Waals surface area (Å²) in [5.74, 6) is -0.230. The zero-order valence-electron chi connectivity index (χ0n) is 18.0. The van der Waals surface area contributed by atoms with Crippen molar-refractivity contribution >= 4 is 44.0 Å². The first-order valence-corrected chi connectivity index (χ1v) is 12.6. The van der Waals surface area contributed by atoms with E-state index in [1.165, 1.54) is 4.31 Å². The molecular weight excluding hydrogens is 456 g/mol. The summed E-state index contributed by atoms with van der Waals surface area (Å²) in [5, 5.41) is 5.66. The fourth-order valence-corrected chi connectivity index (χ4v) is 4.76. The second-order valence-corrected chi connectivity index (χ2v) is 10.0. The van der Waals surface area contributed by atoms with Crippen LogP contribution in [0.15, 0.2) is 91.0 Å². The Morgan fingerprint density at radius 3 is 2.21 bits per heavy atom. The van der Waals surface area contributed by atoms with E-state index in [-0.39, 0.29) is 12.5 Å². The lowest BCUT2D eigenvalue weighted by atomic mass is 10.0. The van der Waals surface area contributed by atoms with Crippen LogP contribution in [0.3, 0.4) is 0 Å². The first-order valence-electron chi connectivity index (χ1n) is 10.4. The van der Waals surface area contributed by atoms with Gasteiger partial charge in [0.2, 0.25) is 10.0 Å². The second-order valence-electron chi connectivity index (χ2n) is 7.73. The Kier molecular flexibility index (Phi) is 6.67. The third kappa shape index (κ3) is 5.35. The van der Waals surface area contributed by atoms with E-state index in [0.717, 1.165) is 22.6 Å². The molecule has 0 heterocycles. The smallest absolute Gasteiger partial charge is 0.251 e. The molecule has 0 atom stereocenters. The van der Waals surface area contributed by atoms with Crippen molar-refractivity contribution in [3.8, 4) is 0 Å². The number of amides is 1. The van der Waals surface area contributed by atoms with Crippen molar-refractivity contribution in [1.82, 2.24) is 5.32 Å². The molecule has 0 unspecified atom stereocenters. The van der Waals surface area contributed by atoms with E-state index in [1.54, 1.807) is 42.5 Å². The molecule has 1 amide bonds. The number of carbonyl (C=O) groups is 1. The fourth-order valence-electron chi connectivity index (χ4n) is 3.68. The molecule has 1 N–H and O–H groups in total. The number of anilines is 1. The van der Waals surface area contributed by atoms with Crippen molar-refractivity contribution in [3.63, 3.8) is 0 Å². The minimum absolute atomic E-state index is 0.102. The molecule has 5 nitrogen and oxygen atoms in total. The molecule has 4 aromatic carbocycles. The van der Waals surface area contributed by atoms with Gasteiger partial charge in [0.25, 0.3) is 5.91 Å². The molecule has 0 saturated heterocycles. The number of fused-ring (bicyclic) bond motifs is 1. The monoisotopic (exact) mass is 478 g/mol. The first kappa shape index (κ1) is 22.8. The maximum Gasteiger partial charge on any atom is 0.251 e. The van der Waals surface area contributed by atoms with Crippen molar-refractivity contribution in [1.29, 1.82) is 0 Å². The lowest BCUT2D eigenvalue weighted by Gasteiger charge is -2.23. The van der Waals surface area contributed by atoms with Gasteiger partial charge in [-0.15, -0.1) is 0 Å². The summed E-state index contributed by atoms with van der Waals surface area (Å²) in [7, 11) is -3.56. The van der Waals surface area contributed by atoms with Crippen LogP contribution in [0, 0.1) is 0 Å². The minimum Gasteiger partial charge on any atom is -0.348 e. The van der Waals surface area contributed by atoms with Crippen molar-refractivity contribution in [2.75, 3.05) is 10.6 Å². The van der Waals surface area contributed by atoms with Gasteiger partial charge in [0.1, 0.15) is 0 Å². The van der Waals surface area contributed by atoms with Gasteiger partial charge in [0.05, 0.1) is 18.5 Å². The second kappa shape index (κ2) is 9.65. The van der Waals surface area contributed by atoms with Crippen molar-refractivity contribution in [2.45, 2.75) is 13.1 Å². The van der Waals surface area contributed by atoms with E-state index in [9.17, 15) is 13.2 Å². The minimum atomic E-state index is -3.56. The van der Waals surface area contributed by atoms with Gasteiger partial charge in [-0.2, -0.15) is 0 Å². The molecular formula is C26H23ClN2O3S. The Morgan fingerprint density at radius 1 is 0.848 bits per heavy atom. The molecule has 0 bridgehead atoms. The molecule has 168 valence electrons. The van der Waals surface area contributed by atoms with Crippen molar-refractivity contribution < 1.29 is 13.2 Å². The summed E-state index contributed by atoms with van der Waals surface area (Å²) >= 11 is 6.22. The van der Waals surface area contributed by atoms with Crippen LogP contribution in [-0.4, -0.2) is 20.6 Å². The van der Waals surface area contributed by atoms with E-state index in [0.29, 0.717) is 28.4 Å². The van der Waals surface area contributed by atoms with E-state index in [1.807, 2.05) is 48.5 Å². The van der Waals surface area contributed by atoms with Crippen LogP contribution in [0.2, 0.25) is 5.02 Å². The fraction of sp³-hybridized carbons (Fsp3) is 0.115.